The van der Waals surface area contributed by atoms with Gasteiger partial charge in [0.25, 0.3) is 11.8 Å². The predicted octanol–water partition coefficient (Wildman–Crippen LogP) is 3.58. The summed E-state index contributed by atoms with van der Waals surface area (Å²) in [6, 6.07) is 13.3. The lowest BCUT2D eigenvalue weighted by atomic mass is 10.1. The quantitative estimate of drug-likeness (QED) is 0.182. The van der Waals surface area contributed by atoms with Crippen molar-refractivity contribution in [3.8, 4) is 0 Å². The molecule has 2 amide bonds. The van der Waals surface area contributed by atoms with Crippen molar-refractivity contribution in [1.29, 1.82) is 0 Å². The number of unbranched alkanes of at least 4 members (excludes halogenated alkanes) is 1. The molecule has 1 aliphatic heterocycles. The molecule has 0 aromatic heterocycles. The summed E-state index contributed by atoms with van der Waals surface area (Å²) in [5.41, 5.74) is 1.76. The average molecular weight is 524 g/mol. The number of imide groups is 1. The Hall–Kier alpha value is -2.49. The van der Waals surface area contributed by atoms with Gasteiger partial charge in [0.1, 0.15) is 5.82 Å². The lowest BCUT2D eigenvalue weighted by Crippen LogP contribution is -2.38. The van der Waals surface area contributed by atoms with Crippen LogP contribution in [0.4, 0.5) is 4.39 Å². The number of halogens is 2. The first-order valence-corrected chi connectivity index (χ1v) is 9.82. The number of hydrogen-bond donors (Lipinski definition) is 2. The van der Waals surface area contributed by atoms with Gasteiger partial charge >= 0.3 is 0 Å². The molecular weight excluding hydrogens is 498 g/mol. The summed E-state index contributed by atoms with van der Waals surface area (Å²) in [5.74, 6) is -0.0617. The molecule has 0 saturated heterocycles. The number of aliphatic imine (C=N–C) groups is 1. The van der Waals surface area contributed by atoms with Gasteiger partial charge in [-0.25, -0.2) is 9.38 Å². The molecule has 0 bridgehead atoms. The Morgan fingerprint density at radius 2 is 1.70 bits per heavy atom. The highest BCUT2D eigenvalue weighted by molar-refractivity contribution is 14.0. The van der Waals surface area contributed by atoms with Crippen molar-refractivity contribution in [3.05, 3.63) is 71.0 Å². The Morgan fingerprint density at radius 1 is 1.00 bits per heavy atom. The Morgan fingerprint density at radius 3 is 2.33 bits per heavy atom. The van der Waals surface area contributed by atoms with Gasteiger partial charge in [0.05, 0.1) is 17.7 Å². The molecule has 30 heavy (non-hydrogen) atoms. The molecule has 2 N–H and O–H groups in total. The lowest BCUT2D eigenvalue weighted by Gasteiger charge is -2.14. The van der Waals surface area contributed by atoms with E-state index in [-0.39, 0.29) is 41.6 Å². The topological polar surface area (TPSA) is 73.8 Å². The van der Waals surface area contributed by atoms with Gasteiger partial charge in [-0.3, -0.25) is 14.5 Å². The van der Waals surface area contributed by atoms with Crippen LogP contribution in [0.15, 0.2) is 53.5 Å². The SMILES string of the molecule is CCNC(=NCc1cccc(F)c1)NCCCCN1C(=O)c2ccccc2C1=O.I. The zero-order valence-electron chi connectivity index (χ0n) is 16.9. The lowest BCUT2D eigenvalue weighted by molar-refractivity contribution is 0.0652. The monoisotopic (exact) mass is 524 g/mol. The van der Waals surface area contributed by atoms with Gasteiger partial charge in [0, 0.05) is 19.6 Å². The zero-order chi connectivity index (χ0) is 20.6. The van der Waals surface area contributed by atoms with E-state index in [1.165, 1.54) is 17.0 Å². The van der Waals surface area contributed by atoms with Crippen molar-refractivity contribution in [2.45, 2.75) is 26.3 Å². The first-order valence-electron chi connectivity index (χ1n) is 9.82. The fraction of sp³-hybridized carbons (Fsp3) is 0.318. The van der Waals surface area contributed by atoms with E-state index in [4.69, 9.17) is 0 Å². The molecule has 0 radical (unpaired) electrons. The van der Waals surface area contributed by atoms with Crippen LogP contribution >= 0.6 is 24.0 Å². The second-order valence-electron chi connectivity index (χ2n) is 6.77. The number of carbonyl (C=O) groups excluding carboxylic acids is 2. The second kappa shape index (κ2) is 11.6. The number of nitrogens with zero attached hydrogens (tertiary/aromatic N) is 2. The van der Waals surface area contributed by atoms with Crippen LogP contribution < -0.4 is 10.6 Å². The maximum Gasteiger partial charge on any atom is 0.261 e. The molecule has 0 aliphatic carbocycles. The fourth-order valence-corrected chi connectivity index (χ4v) is 3.19. The smallest absolute Gasteiger partial charge is 0.261 e. The number of rotatable bonds is 8. The molecule has 8 heteroatoms. The number of carbonyl (C=O) groups is 2. The van der Waals surface area contributed by atoms with Gasteiger partial charge < -0.3 is 10.6 Å². The predicted molar refractivity (Wildman–Crippen MR) is 126 cm³/mol. The number of guanidine groups is 1. The summed E-state index contributed by atoms with van der Waals surface area (Å²) in [6.45, 7) is 4.11. The molecule has 6 nitrogen and oxygen atoms in total. The van der Waals surface area contributed by atoms with Crippen molar-refractivity contribution in [1.82, 2.24) is 15.5 Å². The minimum absolute atomic E-state index is 0. The highest BCUT2D eigenvalue weighted by Crippen LogP contribution is 2.22. The highest BCUT2D eigenvalue weighted by atomic mass is 127. The molecule has 0 fully saturated rings. The fourth-order valence-electron chi connectivity index (χ4n) is 3.19. The zero-order valence-corrected chi connectivity index (χ0v) is 19.2. The van der Waals surface area contributed by atoms with E-state index >= 15 is 0 Å². The molecule has 1 heterocycles. The largest absolute Gasteiger partial charge is 0.357 e. The van der Waals surface area contributed by atoms with Crippen LogP contribution in [0.2, 0.25) is 0 Å². The minimum Gasteiger partial charge on any atom is -0.357 e. The van der Waals surface area contributed by atoms with Crippen molar-refractivity contribution in [2.75, 3.05) is 19.6 Å². The van der Waals surface area contributed by atoms with Crippen LogP contribution in [0.1, 0.15) is 46.0 Å². The van der Waals surface area contributed by atoms with E-state index in [1.807, 2.05) is 13.0 Å². The van der Waals surface area contributed by atoms with Crippen molar-refractivity contribution in [2.24, 2.45) is 4.99 Å². The van der Waals surface area contributed by atoms with E-state index in [0.717, 1.165) is 12.0 Å². The summed E-state index contributed by atoms with van der Waals surface area (Å²) in [4.78, 5) is 30.5. The molecule has 0 unspecified atom stereocenters. The van der Waals surface area contributed by atoms with Crippen LogP contribution in [0.5, 0.6) is 0 Å². The number of amides is 2. The summed E-state index contributed by atoms with van der Waals surface area (Å²) >= 11 is 0. The van der Waals surface area contributed by atoms with Crippen molar-refractivity contribution >= 4 is 41.8 Å². The summed E-state index contributed by atoms with van der Waals surface area (Å²) in [7, 11) is 0. The molecule has 1 aliphatic rings. The van der Waals surface area contributed by atoms with Gasteiger partial charge in [-0.2, -0.15) is 0 Å². The minimum atomic E-state index is -0.274. The first-order chi connectivity index (χ1) is 14.1. The maximum atomic E-state index is 13.3. The van der Waals surface area contributed by atoms with Crippen LogP contribution in [0, 0.1) is 5.82 Å². The van der Waals surface area contributed by atoms with E-state index in [2.05, 4.69) is 15.6 Å². The Labute approximate surface area is 193 Å². The third-order valence-electron chi connectivity index (χ3n) is 4.63. The van der Waals surface area contributed by atoms with Crippen LogP contribution in [-0.4, -0.2) is 42.3 Å². The summed E-state index contributed by atoms with van der Waals surface area (Å²) in [5, 5.41) is 6.38. The Kier molecular flexibility index (Phi) is 9.22. The van der Waals surface area contributed by atoms with Gasteiger partial charge in [-0.1, -0.05) is 24.3 Å². The average Bonchev–Trinajstić information content (AvgIpc) is 2.96. The molecule has 160 valence electrons. The highest BCUT2D eigenvalue weighted by Gasteiger charge is 2.34. The van der Waals surface area contributed by atoms with Crippen LogP contribution in [-0.2, 0) is 6.54 Å². The first kappa shape index (κ1) is 23.8. The van der Waals surface area contributed by atoms with Gasteiger partial charge in [0.2, 0.25) is 0 Å². The second-order valence-corrected chi connectivity index (χ2v) is 6.77. The van der Waals surface area contributed by atoms with Crippen molar-refractivity contribution in [3.63, 3.8) is 0 Å². The van der Waals surface area contributed by atoms with E-state index < -0.39 is 0 Å². The standard InChI is InChI=1S/C22H25FN4O2.HI/c1-2-24-22(26-15-16-8-7-9-17(23)14-16)25-12-5-6-13-27-20(28)18-10-3-4-11-19(18)21(27)29;/h3-4,7-11,14H,2,5-6,12-13,15H2,1H3,(H2,24,25,26);1H. The van der Waals surface area contributed by atoms with E-state index in [0.29, 0.717) is 49.7 Å². The number of hydrogen-bond acceptors (Lipinski definition) is 3. The van der Waals surface area contributed by atoms with Crippen LogP contribution in [0.3, 0.4) is 0 Å². The summed E-state index contributed by atoms with van der Waals surface area (Å²) in [6.07, 6.45) is 1.47. The van der Waals surface area contributed by atoms with Crippen LogP contribution in [0.25, 0.3) is 0 Å². The third kappa shape index (κ3) is 6.01. The third-order valence-corrected chi connectivity index (χ3v) is 4.63. The Bertz CT molecular complexity index is 885. The van der Waals surface area contributed by atoms with Gasteiger partial charge in [-0.05, 0) is 49.6 Å². The summed E-state index contributed by atoms with van der Waals surface area (Å²) < 4.78 is 13.3. The molecule has 0 spiro atoms. The van der Waals surface area contributed by atoms with Crippen molar-refractivity contribution < 1.29 is 14.0 Å². The number of benzene rings is 2. The maximum absolute atomic E-state index is 13.3. The molecule has 2 aromatic carbocycles. The van der Waals surface area contributed by atoms with E-state index in [9.17, 15) is 14.0 Å². The number of fused-ring (bicyclic) bond motifs is 1. The van der Waals surface area contributed by atoms with Gasteiger partial charge in [-0.15, -0.1) is 24.0 Å². The number of nitrogens with one attached hydrogen (secondary N) is 2. The molecule has 3 rings (SSSR count). The molecular formula is C22H26FIN4O2. The molecule has 0 saturated carbocycles. The van der Waals surface area contributed by atoms with E-state index in [1.54, 1.807) is 30.3 Å². The Balaban J connectivity index is 0.00000320. The van der Waals surface area contributed by atoms with Gasteiger partial charge in [0.15, 0.2) is 5.96 Å². The molecule has 2 aromatic rings. The molecule has 0 atom stereocenters. The normalized spacial score (nSPS) is 13.1.